The van der Waals surface area contributed by atoms with E-state index in [-0.39, 0.29) is 30.2 Å². The van der Waals surface area contributed by atoms with Gasteiger partial charge in [0.2, 0.25) is 5.91 Å². The van der Waals surface area contributed by atoms with Crippen LogP contribution in [0.5, 0.6) is 5.75 Å². The molecule has 0 aliphatic heterocycles. The number of para-hydroxylation sites is 2. The maximum absolute atomic E-state index is 12.3. The summed E-state index contributed by atoms with van der Waals surface area (Å²) in [6.45, 7) is 3.96. The molecule has 0 radical (unpaired) electrons. The summed E-state index contributed by atoms with van der Waals surface area (Å²) in [6, 6.07) is 17.6. The van der Waals surface area contributed by atoms with Crippen molar-refractivity contribution in [3.8, 4) is 5.75 Å². The van der Waals surface area contributed by atoms with E-state index in [2.05, 4.69) is 16.0 Å². The number of carbonyl (C=O) groups is 2. The number of rotatable bonds is 8. The zero-order valence-electron chi connectivity index (χ0n) is 16.3. The highest BCUT2D eigenvalue weighted by Gasteiger charge is 2.10. The molecule has 0 aliphatic rings. The molecule has 0 fully saturated rings. The number of ether oxygens (including phenoxy) is 1. The Morgan fingerprint density at radius 2 is 1.72 bits per heavy atom. The molecular weight excluding hydrogens is 370 g/mol. The van der Waals surface area contributed by atoms with Gasteiger partial charge in [-0.2, -0.15) is 0 Å². The van der Waals surface area contributed by atoms with Gasteiger partial charge in [-0.25, -0.2) is 0 Å². The van der Waals surface area contributed by atoms with Gasteiger partial charge in [-0.3, -0.25) is 9.59 Å². The van der Waals surface area contributed by atoms with Crippen LogP contribution < -0.4 is 20.7 Å². The van der Waals surface area contributed by atoms with E-state index < -0.39 is 0 Å². The first-order valence-electron chi connectivity index (χ1n) is 9.25. The lowest BCUT2D eigenvalue weighted by molar-refractivity contribution is -0.114. The molecular formula is C22H23N3O4. The van der Waals surface area contributed by atoms with E-state index in [9.17, 15) is 9.59 Å². The molecule has 3 aromatic rings. The third kappa shape index (κ3) is 5.87. The highest BCUT2D eigenvalue weighted by Crippen LogP contribution is 2.24. The molecule has 3 rings (SSSR count). The summed E-state index contributed by atoms with van der Waals surface area (Å²) in [5.74, 6) is 0.324. The van der Waals surface area contributed by atoms with Crippen LogP contribution in [-0.4, -0.2) is 24.5 Å². The summed E-state index contributed by atoms with van der Waals surface area (Å²) in [5.41, 5.74) is 1.87. The van der Waals surface area contributed by atoms with Crippen LogP contribution in [0.3, 0.4) is 0 Å². The summed E-state index contributed by atoms with van der Waals surface area (Å²) in [4.78, 5) is 24.4. The molecule has 3 N–H and O–H groups in total. The van der Waals surface area contributed by atoms with Crippen molar-refractivity contribution >= 4 is 28.9 Å². The maximum atomic E-state index is 12.3. The van der Waals surface area contributed by atoms with Crippen LogP contribution in [0, 0.1) is 0 Å². The van der Waals surface area contributed by atoms with Crippen molar-refractivity contribution in [1.82, 2.24) is 0 Å². The van der Waals surface area contributed by atoms with Crippen molar-refractivity contribution in [1.29, 1.82) is 0 Å². The minimum atomic E-state index is -0.359. The Morgan fingerprint density at radius 3 is 2.45 bits per heavy atom. The third-order valence-corrected chi connectivity index (χ3v) is 3.84. The Balaban J connectivity index is 1.57. The van der Waals surface area contributed by atoms with Gasteiger partial charge in [0.15, 0.2) is 5.76 Å². The van der Waals surface area contributed by atoms with Crippen LogP contribution in [-0.2, 0) is 4.79 Å². The van der Waals surface area contributed by atoms with Crippen molar-refractivity contribution in [2.24, 2.45) is 0 Å². The summed E-state index contributed by atoms with van der Waals surface area (Å²) in [5, 5.41) is 8.61. The van der Waals surface area contributed by atoms with E-state index in [0.717, 1.165) is 5.69 Å². The number of benzene rings is 2. The smallest absolute Gasteiger partial charge is 0.291 e. The molecule has 0 saturated carbocycles. The summed E-state index contributed by atoms with van der Waals surface area (Å²) >= 11 is 0. The lowest BCUT2D eigenvalue weighted by Crippen LogP contribution is -2.22. The first-order chi connectivity index (χ1) is 14.0. The number of anilines is 3. The largest absolute Gasteiger partial charge is 0.489 e. The fraction of sp³-hybridized carbons (Fsp3) is 0.182. The molecule has 0 atom stereocenters. The zero-order valence-corrected chi connectivity index (χ0v) is 16.3. The van der Waals surface area contributed by atoms with Crippen molar-refractivity contribution in [2.75, 3.05) is 22.5 Å². The number of furan rings is 1. The van der Waals surface area contributed by atoms with E-state index in [1.54, 1.807) is 36.4 Å². The molecule has 1 heterocycles. The van der Waals surface area contributed by atoms with Gasteiger partial charge in [0.25, 0.3) is 5.91 Å². The Morgan fingerprint density at radius 1 is 0.966 bits per heavy atom. The second-order valence-electron chi connectivity index (χ2n) is 6.58. The zero-order chi connectivity index (χ0) is 20.6. The number of hydrogen-bond donors (Lipinski definition) is 3. The molecule has 2 amide bonds. The lowest BCUT2D eigenvalue weighted by atomic mass is 10.2. The van der Waals surface area contributed by atoms with Gasteiger partial charge < -0.3 is 25.1 Å². The van der Waals surface area contributed by atoms with E-state index in [1.165, 1.54) is 6.26 Å². The fourth-order valence-corrected chi connectivity index (χ4v) is 2.63. The number of amides is 2. The maximum Gasteiger partial charge on any atom is 0.291 e. The lowest BCUT2D eigenvalue weighted by Gasteiger charge is -2.15. The SMILES string of the molecule is CC(C)Oc1ccccc1NCC(=O)Nc1cccc(NC(=O)c2ccco2)c1. The first-order valence-corrected chi connectivity index (χ1v) is 9.25. The van der Waals surface area contributed by atoms with Gasteiger partial charge in [-0.15, -0.1) is 0 Å². The molecule has 29 heavy (non-hydrogen) atoms. The Labute approximate surface area is 169 Å². The van der Waals surface area contributed by atoms with Gasteiger partial charge >= 0.3 is 0 Å². The van der Waals surface area contributed by atoms with Crippen molar-refractivity contribution in [3.05, 3.63) is 72.7 Å². The molecule has 0 aliphatic carbocycles. The van der Waals surface area contributed by atoms with Gasteiger partial charge in [0.05, 0.1) is 24.6 Å². The predicted molar refractivity (Wildman–Crippen MR) is 112 cm³/mol. The monoisotopic (exact) mass is 393 g/mol. The highest BCUT2D eigenvalue weighted by atomic mass is 16.5. The van der Waals surface area contributed by atoms with Crippen LogP contribution in [0.1, 0.15) is 24.4 Å². The third-order valence-electron chi connectivity index (χ3n) is 3.84. The fourth-order valence-electron chi connectivity index (χ4n) is 2.63. The van der Waals surface area contributed by atoms with Gasteiger partial charge in [-0.05, 0) is 56.3 Å². The van der Waals surface area contributed by atoms with Gasteiger partial charge in [-0.1, -0.05) is 18.2 Å². The van der Waals surface area contributed by atoms with E-state index in [1.807, 2.05) is 38.1 Å². The van der Waals surface area contributed by atoms with Crippen molar-refractivity contribution in [3.63, 3.8) is 0 Å². The average Bonchev–Trinajstić information content (AvgIpc) is 3.22. The highest BCUT2D eigenvalue weighted by molar-refractivity contribution is 6.02. The quantitative estimate of drug-likeness (QED) is 0.528. The second kappa shape index (κ2) is 9.45. The minimum Gasteiger partial charge on any atom is -0.489 e. The molecule has 0 unspecified atom stereocenters. The number of carbonyl (C=O) groups excluding carboxylic acids is 2. The second-order valence-corrected chi connectivity index (χ2v) is 6.58. The topological polar surface area (TPSA) is 92.6 Å². The van der Waals surface area contributed by atoms with E-state index in [0.29, 0.717) is 17.1 Å². The minimum absolute atomic E-state index is 0.0332. The molecule has 0 saturated heterocycles. The molecule has 7 heteroatoms. The molecule has 150 valence electrons. The predicted octanol–water partition coefficient (Wildman–Crippen LogP) is 4.37. The normalized spacial score (nSPS) is 10.4. The molecule has 7 nitrogen and oxygen atoms in total. The van der Waals surface area contributed by atoms with Gasteiger partial charge in [0, 0.05) is 11.4 Å². The van der Waals surface area contributed by atoms with E-state index in [4.69, 9.17) is 9.15 Å². The Bertz CT molecular complexity index is 968. The summed E-state index contributed by atoms with van der Waals surface area (Å²) in [7, 11) is 0. The van der Waals surface area contributed by atoms with Crippen LogP contribution in [0.2, 0.25) is 0 Å². The van der Waals surface area contributed by atoms with E-state index >= 15 is 0 Å². The number of hydrogen-bond acceptors (Lipinski definition) is 5. The Kier molecular flexibility index (Phi) is 6.52. The van der Waals surface area contributed by atoms with Crippen molar-refractivity contribution < 1.29 is 18.7 Å². The van der Waals surface area contributed by atoms with Crippen molar-refractivity contribution in [2.45, 2.75) is 20.0 Å². The molecule has 2 aromatic carbocycles. The van der Waals surface area contributed by atoms with Crippen LogP contribution in [0.15, 0.2) is 71.3 Å². The molecule has 0 bridgehead atoms. The average molecular weight is 393 g/mol. The van der Waals surface area contributed by atoms with Crippen LogP contribution in [0.25, 0.3) is 0 Å². The van der Waals surface area contributed by atoms with Crippen LogP contribution >= 0.6 is 0 Å². The Hall–Kier alpha value is -3.74. The molecule has 0 spiro atoms. The standard InChI is InChI=1S/C22H23N3O4/c1-15(2)29-19-10-4-3-9-18(19)23-14-21(26)24-16-7-5-8-17(13-16)25-22(27)20-11-6-12-28-20/h3-13,15,23H,14H2,1-2H3,(H,24,26)(H,25,27). The van der Waals surface area contributed by atoms with Gasteiger partial charge in [0.1, 0.15) is 5.75 Å². The summed E-state index contributed by atoms with van der Waals surface area (Å²) in [6.07, 6.45) is 1.47. The molecule has 1 aromatic heterocycles. The van der Waals surface area contributed by atoms with Crippen LogP contribution in [0.4, 0.5) is 17.1 Å². The number of nitrogens with one attached hydrogen (secondary N) is 3. The summed E-state index contributed by atoms with van der Waals surface area (Å²) < 4.78 is 10.8. The first kappa shape index (κ1) is 20.0.